The van der Waals surface area contributed by atoms with E-state index in [9.17, 15) is 0 Å². The van der Waals surface area contributed by atoms with Crippen molar-refractivity contribution in [1.82, 2.24) is 4.57 Å². The van der Waals surface area contributed by atoms with Crippen LogP contribution in [0.1, 0.15) is 0 Å². The summed E-state index contributed by atoms with van der Waals surface area (Å²) in [4.78, 5) is 2.41. The van der Waals surface area contributed by atoms with E-state index in [-0.39, 0.29) is 0 Å². The Labute approximate surface area is 327 Å². The normalized spacial score (nSPS) is 11.2. The zero-order chi connectivity index (χ0) is 37.3. The first-order valence-corrected chi connectivity index (χ1v) is 19.2. The third-order valence-corrected chi connectivity index (χ3v) is 10.8. The highest BCUT2D eigenvalue weighted by Gasteiger charge is 2.22. The van der Waals surface area contributed by atoms with Crippen LogP contribution in [0.25, 0.3) is 72.0 Å². The van der Waals surface area contributed by atoms with Crippen molar-refractivity contribution >= 4 is 38.9 Å². The monoisotopic (exact) mass is 714 g/mol. The van der Waals surface area contributed by atoms with Crippen LogP contribution in [0, 0.1) is 0 Å². The van der Waals surface area contributed by atoms with Crippen molar-refractivity contribution in [1.29, 1.82) is 0 Å². The van der Waals surface area contributed by atoms with E-state index in [1.807, 2.05) is 0 Å². The molecule has 0 atom stereocenters. The van der Waals surface area contributed by atoms with Gasteiger partial charge in [0.05, 0.1) is 22.4 Å². The first-order valence-electron chi connectivity index (χ1n) is 19.2. The molecule has 2 heteroatoms. The number of hydrogen-bond acceptors (Lipinski definition) is 1. The zero-order valence-electron chi connectivity index (χ0n) is 30.8. The van der Waals surface area contributed by atoms with Crippen LogP contribution in [0.15, 0.2) is 231 Å². The lowest BCUT2D eigenvalue weighted by atomic mass is 9.99. The van der Waals surface area contributed by atoms with Crippen LogP contribution in [-0.2, 0) is 0 Å². The standard InChI is InChI=1S/C54H38N2/c1-4-15-39(16-5-1)42-27-29-45(30-28-42)48-21-10-12-23-50(48)56-51-24-13-11-22-49(51)54-52(25-14-26-53(54)56)55(46-35-31-43(32-36-46)40-17-6-2-7-18-40)47-37-33-44(34-38-47)41-19-8-3-9-20-41/h1-38H. The van der Waals surface area contributed by atoms with Gasteiger partial charge in [-0.2, -0.15) is 0 Å². The number of fused-ring (bicyclic) bond motifs is 3. The smallest absolute Gasteiger partial charge is 0.0562 e. The average Bonchev–Trinajstić information content (AvgIpc) is 3.63. The van der Waals surface area contributed by atoms with Gasteiger partial charge in [0.2, 0.25) is 0 Å². The van der Waals surface area contributed by atoms with Crippen molar-refractivity contribution in [3.63, 3.8) is 0 Å². The van der Waals surface area contributed by atoms with E-state index in [0.717, 1.165) is 28.3 Å². The Balaban J connectivity index is 1.15. The fourth-order valence-electron chi connectivity index (χ4n) is 8.13. The molecule has 0 bridgehead atoms. The van der Waals surface area contributed by atoms with Crippen molar-refractivity contribution in [3.05, 3.63) is 231 Å². The maximum atomic E-state index is 2.45. The van der Waals surface area contributed by atoms with Gasteiger partial charge < -0.3 is 9.47 Å². The summed E-state index contributed by atoms with van der Waals surface area (Å²) < 4.78 is 2.45. The topological polar surface area (TPSA) is 8.17 Å². The molecule has 56 heavy (non-hydrogen) atoms. The quantitative estimate of drug-likeness (QED) is 0.152. The molecule has 0 aliphatic rings. The minimum absolute atomic E-state index is 1.10. The summed E-state index contributed by atoms with van der Waals surface area (Å²) in [6.07, 6.45) is 0. The van der Waals surface area contributed by atoms with Gasteiger partial charge in [0, 0.05) is 27.7 Å². The molecule has 0 spiro atoms. The second-order valence-corrected chi connectivity index (χ2v) is 14.1. The van der Waals surface area contributed by atoms with Gasteiger partial charge in [0.1, 0.15) is 0 Å². The molecule has 0 saturated heterocycles. The van der Waals surface area contributed by atoms with Crippen LogP contribution in [0.5, 0.6) is 0 Å². The first-order chi connectivity index (χ1) is 27.8. The number of anilines is 3. The van der Waals surface area contributed by atoms with E-state index in [0.29, 0.717) is 0 Å². The van der Waals surface area contributed by atoms with Crippen molar-refractivity contribution in [2.45, 2.75) is 0 Å². The Hall–Kier alpha value is -7.42. The lowest BCUT2D eigenvalue weighted by Crippen LogP contribution is -2.10. The van der Waals surface area contributed by atoms with Crippen molar-refractivity contribution in [2.24, 2.45) is 0 Å². The molecule has 0 aliphatic carbocycles. The largest absolute Gasteiger partial charge is 0.310 e. The number of hydrogen-bond donors (Lipinski definition) is 0. The van der Waals surface area contributed by atoms with Gasteiger partial charge in [-0.1, -0.05) is 182 Å². The molecule has 0 aliphatic heterocycles. The highest BCUT2D eigenvalue weighted by Crippen LogP contribution is 2.45. The van der Waals surface area contributed by atoms with Crippen LogP contribution in [-0.4, -0.2) is 4.57 Å². The molecule has 0 amide bonds. The molecule has 9 aromatic carbocycles. The Morgan fingerprint density at radius 3 is 1.25 bits per heavy atom. The molecule has 10 aromatic rings. The molecule has 0 unspecified atom stereocenters. The number of benzene rings is 9. The van der Waals surface area contributed by atoms with Crippen LogP contribution in [0.2, 0.25) is 0 Å². The van der Waals surface area contributed by atoms with Gasteiger partial charge in [-0.15, -0.1) is 0 Å². The van der Waals surface area contributed by atoms with Gasteiger partial charge >= 0.3 is 0 Å². The number of aromatic nitrogens is 1. The highest BCUT2D eigenvalue weighted by atomic mass is 15.1. The zero-order valence-corrected chi connectivity index (χ0v) is 30.8. The predicted octanol–water partition coefficient (Wildman–Crippen LogP) is 14.9. The number of rotatable bonds is 8. The van der Waals surface area contributed by atoms with Crippen LogP contribution < -0.4 is 4.90 Å². The lowest BCUT2D eigenvalue weighted by molar-refractivity contribution is 1.18. The SMILES string of the molecule is c1ccc(-c2ccc(-c3ccccc3-n3c4ccccc4c4c(N(c5ccc(-c6ccccc6)cc5)c5ccc(-c6ccccc6)cc5)cccc43)cc2)cc1. The summed E-state index contributed by atoms with van der Waals surface area (Å²) in [6, 6.07) is 83.0. The molecule has 264 valence electrons. The van der Waals surface area contributed by atoms with Gasteiger partial charge in [-0.3, -0.25) is 0 Å². The minimum atomic E-state index is 1.10. The number of nitrogens with zero attached hydrogens (tertiary/aromatic N) is 2. The summed E-state index contributed by atoms with van der Waals surface area (Å²) in [5.74, 6) is 0. The van der Waals surface area contributed by atoms with E-state index < -0.39 is 0 Å². The average molecular weight is 715 g/mol. The molecule has 0 radical (unpaired) electrons. The molecule has 1 heterocycles. The molecular formula is C54H38N2. The third kappa shape index (κ3) is 6.04. The van der Waals surface area contributed by atoms with Crippen molar-refractivity contribution in [3.8, 4) is 50.2 Å². The van der Waals surface area contributed by atoms with Gasteiger partial charge in [-0.25, -0.2) is 0 Å². The number of para-hydroxylation sites is 2. The molecular weight excluding hydrogens is 677 g/mol. The molecule has 0 N–H and O–H groups in total. The third-order valence-electron chi connectivity index (χ3n) is 10.8. The first kappa shape index (κ1) is 33.2. The van der Waals surface area contributed by atoms with Crippen LogP contribution in [0.3, 0.4) is 0 Å². The second kappa shape index (κ2) is 14.4. The minimum Gasteiger partial charge on any atom is -0.310 e. The summed E-state index contributed by atoms with van der Waals surface area (Å²) >= 11 is 0. The molecule has 0 fully saturated rings. The second-order valence-electron chi connectivity index (χ2n) is 14.1. The maximum absolute atomic E-state index is 2.45. The predicted molar refractivity (Wildman–Crippen MR) is 237 cm³/mol. The van der Waals surface area contributed by atoms with E-state index in [2.05, 4.69) is 240 Å². The summed E-state index contributed by atoms with van der Waals surface area (Å²) in [6.45, 7) is 0. The maximum Gasteiger partial charge on any atom is 0.0562 e. The van der Waals surface area contributed by atoms with E-state index in [4.69, 9.17) is 0 Å². The van der Waals surface area contributed by atoms with Crippen LogP contribution >= 0.6 is 0 Å². The molecule has 0 saturated carbocycles. The van der Waals surface area contributed by atoms with Gasteiger partial charge in [0.25, 0.3) is 0 Å². The fourth-order valence-corrected chi connectivity index (χ4v) is 8.13. The summed E-state index contributed by atoms with van der Waals surface area (Å²) in [5.41, 5.74) is 16.4. The lowest BCUT2D eigenvalue weighted by Gasteiger charge is -2.27. The Bertz CT molecular complexity index is 2830. The van der Waals surface area contributed by atoms with Crippen LogP contribution in [0.4, 0.5) is 17.1 Å². The molecule has 1 aromatic heterocycles. The molecule has 10 rings (SSSR count). The van der Waals surface area contributed by atoms with Gasteiger partial charge in [0.15, 0.2) is 0 Å². The highest BCUT2D eigenvalue weighted by molar-refractivity contribution is 6.17. The van der Waals surface area contributed by atoms with Crippen molar-refractivity contribution < 1.29 is 0 Å². The van der Waals surface area contributed by atoms with Gasteiger partial charge in [-0.05, 0) is 87.5 Å². The Morgan fingerprint density at radius 1 is 0.286 bits per heavy atom. The molecule has 2 nitrogen and oxygen atoms in total. The fraction of sp³-hybridized carbons (Fsp3) is 0. The Morgan fingerprint density at radius 2 is 0.696 bits per heavy atom. The van der Waals surface area contributed by atoms with E-state index >= 15 is 0 Å². The van der Waals surface area contributed by atoms with E-state index in [1.165, 1.54) is 60.8 Å². The Kier molecular flexibility index (Phi) is 8.55. The van der Waals surface area contributed by atoms with E-state index in [1.54, 1.807) is 0 Å². The summed E-state index contributed by atoms with van der Waals surface area (Å²) in [5, 5.41) is 2.41. The van der Waals surface area contributed by atoms with Crippen molar-refractivity contribution in [2.75, 3.05) is 4.90 Å². The summed E-state index contributed by atoms with van der Waals surface area (Å²) in [7, 11) is 0.